The highest BCUT2D eigenvalue weighted by Crippen LogP contribution is 2.38. The summed E-state index contributed by atoms with van der Waals surface area (Å²) in [6.45, 7) is 0. The summed E-state index contributed by atoms with van der Waals surface area (Å²) in [6.07, 6.45) is 3.84. The molecule has 0 aliphatic heterocycles. The molecule has 1 saturated carbocycles. The Labute approximate surface area is 151 Å². The third-order valence-electron chi connectivity index (χ3n) is 4.41. The topological polar surface area (TPSA) is 47.0 Å². The van der Waals surface area contributed by atoms with Crippen molar-refractivity contribution in [3.8, 4) is 11.6 Å². The predicted molar refractivity (Wildman–Crippen MR) is 99.4 cm³/mol. The minimum absolute atomic E-state index is 0.382. The van der Waals surface area contributed by atoms with Crippen LogP contribution in [0.1, 0.15) is 24.3 Å². The van der Waals surface area contributed by atoms with Crippen LogP contribution in [0.4, 0.5) is 5.95 Å². The number of benzene rings is 2. The monoisotopic (exact) mass is 351 g/mol. The number of nitrogens with one attached hydrogen (secondary N) is 1. The highest BCUT2D eigenvalue weighted by atomic mass is 35.5. The number of aromatic nitrogens is 2. The van der Waals surface area contributed by atoms with Gasteiger partial charge in [0.2, 0.25) is 11.8 Å². The fraction of sp³-hybridized carbons (Fsp3) is 0.200. The molecule has 3 aromatic rings. The molecule has 5 heteroatoms. The summed E-state index contributed by atoms with van der Waals surface area (Å²) in [7, 11) is 0. The summed E-state index contributed by atoms with van der Waals surface area (Å²) in [5, 5.41) is 4.17. The van der Waals surface area contributed by atoms with Gasteiger partial charge in [-0.3, -0.25) is 0 Å². The summed E-state index contributed by atoms with van der Waals surface area (Å²) in [5.74, 6) is 2.47. The van der Waals surface area contributed by atoms with Crippen molar-refractivity contribution in [2.75, 3.05) is 5.32 Å². The van der Waals surface area contributed by atoms with Crippen molar-refractivity contribution >= 4 is 17.5 Å². The molecule has 1 aromatic heterocycles. The van der Waals surface area contributed by atoms with Crippen LogP contribution in [0.2, 0.25) is 5.02 Å². The maximum absolute atomic E-state index is 5.95. The second-order valence-electron chi connectivity index (χ2n) is 6.19. The molecule has 1 fully saturated rings. The van der Waals surface area contributed by atoms with Crippen molar-refractivity contribution in [1.29, 1.82) is 0 Å². The molecule has 0 bridgehead atoms. The molecule has 0 spiro atoms. The SMILES string of the molecule is Clc1ccc(C2CC(Nc3nccc(Oc4ccccc4)n3)C2)cc1. The summed E-state index contributed by atoms with van der Waals surface area (Å²) in [5.41, 5.74) is 1.34. The van der Waals surface area contributed by atoms with E-state index in [1.807, 2.05) is 42.5 Å². The number of rotatable bonds is 5. The van der Waals surface area contributed by atoms with Gasteiger partial charge in [-0.2, -0.15) is 4.98 Å². The van der Waals surface area contributed by atoms with Crippen LogP contribution in [-0.2, 0) is 0 Å². The Morgan fingerprint density at radius 1 is 0.960 bits per heavy atom. The fourth-order valence-electron chi connectivity index (χ4n) is 3.00. The summed E-state index contributed by atoms with van der Waals surface area (Å²) in [4.78, 5) is 8.73. The van der Waals surface area contributed by atoms with Crippen molar-refractivity contribution in [3.63, 3.8) is 0 Å². The molecule has 2 aromatic carbocycles. The molecule has 4 rings (SSSR count). The van der Waals surface area contributed by atoms with Crippen LogP contribution in [0.25, 0.3) is 0 Å². The first kappa shape index (κ1) is 15.9. The number of hydrogen-bond acceptors (Lipinski definition) is 4. The number of nitrogens with zero attached hydrogens (tertiary/aromatic N) is 2. The van der Waals surface area contributed by atoms with Gasteiger partial charge in [0.05, 0.1) is 0 Å². The number of para-hydroxylation sites is 1. The van der Waals surface area contributed by atoms with E-state index in [2.05, 4.69) is 27.4 Å². The molecular weight excluding hydrogens is 334 g/mol. The first-order valence-electron chi connectivity index (χ1n) is 8.34. The van der Waals surface area contributed by atoms with E-state index in [0.717, 1.165) is 23.6 Å². The van der Waals surface area contributed by atoms with E-state index in [0.29, 0.717) is 23.8 Å². The van der Waals surface area contributed by atoms with Gasteiger partial charge in [-0.05, 0) is 48.6 Å². The second-order valence-corrected chi connectivity index (χ2v) is 6.63. The van der Waals surface area contributed by atoms with Crippen molar-refractivity contribution in [2.24, 2.45) is 0 Å². The molecular formula is C20H18ClN3O. The second kappa shape index (κ2) is 7.11. The maximum atomic E-state index is 5.95. The summed E-state index contributed by atoms with van der Waals surface area (Å²) < 4.78 is 5.75. The van der Waals surface area contributed by atoms with E-state index < -0.39 is 0 Å². The molecule has 25 heavy (non-hydrogen) atoms. The van der Waals surface area contributed by atoms with Crippen LogP contribution in [0.15, 0.2) is 66.9 Å². The van der Waals surface area contributed by atoms with E-state index in [9.17, 15) is 0 Å². The maximum Gasteiger partial charge on any atom is 0.226 e. The number of ether oxygens (including phenoxy) is 1. The smallest absolute Gasteiger partial charge is 0.226 e. The zero-order valence-corrected chi connectivity index (χ0v) is 14.4. The molecule has 126 valence electrons. The van der Waals surface area contributed by atoms with Gasteiger partial charge < -0.3 is 10.1 Å². The largest absolute Gasteiger partial charge is 0.439 e. The third-order valence-corrected chi connectivity index (χ3v) is 4.66. The molecule has 1 aliphatic carbocycles. The highest BCUT2D eigenvalue weighted by Gasteiger charge is 2.30. The quantitative estimate of drug-likeness (QED) is 0.679. The van der Waals surface area contributed by atoms with Crippen molar-refractivity contribution in [1.82, 2.24) is 9.97 Å². The molecule has 1 N–H and O–H groups in total. The molecule has 4 nitrogen and oxygen atoms in total. The molecule has 0 radical (unpaired) electrons. The minimum Gasteiger partial charge on any atom is -0.439 e. The lowest BCUT2D eigenvalue weighted by Crippen LogP contribution is -2.34. The number of anilines is 1. The number of hydrogen-bond donors (Lipinski definition) is 1. The van der Waals surface area contributed by atoms with Crippen LogP contribution >= 0.6 is 11.6 Å². The van der Waals surface area contributed by atoms with E-state index in [4.69, 9.17) is 16.3 Å². The van der Waals surface area contributed by atoms with E-state index >= 15 is 0 Å². The molecule has 0 saturated heterocycles. The Morgan fingerprint density at radius 3 is 2.48 bits per heavy atom. The van der Waals surface area contributed by atoms with E-state index in [-0.39, 0.29) is 0 Å². The third kappa shape index (κ3) is 3.91. The van der Waals surface area contributed by atoms with Gasteiger partial charge in [0.25, 0.3) is 0 Å². The lowest BCUT2D eigenvalue weighted by molar-refractivity contribution is 0.372. The standard InChI is InChI=1S/C20H18ClN3O/c21-16-8-6-14(7-9-16)15-12-17(13-15)23-20-22-11-10-19(24-20)25-18-4-2-1-3-5-18/h1-11,15,17H,12-13H2,(H,22,23,24). The predicted octanol–water partition coefficient (Wildman–Crippen LogP) is 5.28. The molecule has 0 atom stereocenters. The van der Waals surface area contributed by atoms with Crippen LogP contribution < -0.4 is 10.1 Å². The van der Waals surface area contributed by atoms with Crippen LogP contribution in [0.5, 0.6) is 11.6 Å². The van der Waals surface area contributed by atoms with Gasteiger partial charge in [0, 0.05) is 23.3 Å². The average Bonchev–Trinajstić information content (AvgIpc) is 2.60. The molecule has 1 aliphatic rings. The van der Waals surface area contributed by atoms with Crippen LogP contribution in [0.3, 0.4) is 0 Å². The first-order valence-corrected chi connectivity index (χ1v) is 8.72. The average molecular weight is 352 g/mol. The Bertz CT molecular complexity index is 833. The van der Waals surface area contributed by atoms with Crippen molar-refractivity contribution in [2.45, 2.75) is 24.8 Å². The Balaban J connectivity index is 1.35. The number of halogens is 1. The van der Waals surface area contributed by atoms with Gasteiger partial charge in [0.15, 0.2) is 0 Å². The Hall–Kier alpha value is -2.59. The lowest BCUT2D eigenvalue weighted by atomic mass is 9.76. The Morgan fingerprint density at radius 2 is 1.72 bits per heavy atom. The zero-order valence-electron chi connectivity index (χ0n) is 13.6. The first-order chi connectivity index (χ1) is 12.3. The van der Waals surface area contributed by atoms with Crippen molar-refractivity contribution in [3.05, 3.63) is 77.4 Å². The summed E-state index contributed by atoms with van der Waals surface area (Å²) >= 11 is 5.95. The summed E-state index contributed by atoms with van der Waals surface area (Å²) in [6, 6.07) is 19.9. The Kier molecular flexibility index (Phi) is 4.53. The van der Waals surface area contributed by atoms with Crippen molar-refractivity contribution < 1.29 is 4.74 Å². The van der Waals surface area contributed by atoms with E-state index in [1.165, 1.54) is 5.56 Å². The molecule has 0 unspecified atom stereocenters. The van der Waals surface area contributed by atoms with Gasteiger partial charge in [-0.1, -0.05) is 41.9 Å². The van der Waals surface area contributed by atoms with Gasteiger partial charge in [0.1, 0.15) is 5.75 Å². The van der Waals surface area contributed by atoms with Gasteiger partial charge in [-0.15, -0.1) is 0 Å². The normalized spacial score (nSPS) is 19.1. The molecule has 1 heterocycles. The van der Waals surface area contributed by atoms with Crippen LogP contribution in [0, 0.1) is 0 Å². The van der Waals surface area contributed by atoms with E-state index in [1.54, 1.807) is 12.3 Å². The van der Waals surface area contributed by atoms with Gasteiger partial charge in [-0.25, -0.2) is 4.98 Å². The van der Waals surface area contributed by atoms with Gasteiger partial charge >= 0.3 is 0 Å². The molecule has 0 amide bonds. The minimum atomic E-state index is 0.382. The fourth-order valence-corrected chi connectivity index (χ4v) is 3.13. The van der Waals surface area contributed by atoms with Crippen LogP contribution in [-0.4, -0.2) is 16.0 Å². The highest BCUT2D eigenvalue weighted by molar-refractivity contribution is 6.30. The lowest BCUT2D eigenvalue weighted by Gasteiger charge is -2.36. The zero-order chi connectivity index (χ0) is 17.1.